The molecule has 5 heteroatoms. The highest BCUT2D eigenvalue weighted by atomic mass is 79.9. The number of rotatable bonds is 3. The molecule has 1 aliphatic rings. The van der Waals surface area contributed by atoms with Crippen molar-refractivity contribution in [1.29, 1.82) is 0 Å². The summed E-state index contributed by atoms with van der Waals surface area (Å²) >= 11 is 3.32. The van der Waals surface area contributed by atoms with Gasteiger partial charge in [-0.2, -0.15) is 4.98 Å². The van der Waals surface area contributed by atoms with Crippen LogP contribution in [0.5, 0.6) is 0 Å². The average Bonchev–Trinajstić information content (AvgIpc) is 2.79. The van der Waals surface area contributed by atoms with Crippen molar-refractivity contribution < 1.29 is 0 Å². The second kappa shape index (κ2) is 3.96. The molecule has 1 heterocycles. The fourth-order valence-electron chi connectivity index (χ4n) is 1.68. The lowest BCUT2D eigenvalue weighted by Crippen LogP contribution is -2.23. The molecular formula is C10H15BrN4. The molecule has 1 aromatic heterocycles. The first kappa shape index (κ1) is 10.7. The molecule has 15 heavy (non-hydrogen) atoms. The quantitative estimate of drug-likeness (QED) is 0.853. The molecule has 0 amide bonds. The summed E-state index contributed by atoms with van der Waals surface area (Å²) < 4.78 is 0.737. The van der Waals surface area contributed by atoms with Crippen molar-refractivity contribution in [2.24, 2.45) is 11.8 Å². The van der Waals surface area contributed by atoms with Crippen molar-refractivity contribution in [1.82, 2.24) is 9.97 Å². The first-order valence-electron chi connectivity index (χ1n) is 5.07. The van der Waals surface area contributed by atoms with E-state index in [1.54, 1.807) is 6.07 Å². The molecule has 4 nitrogen and oxygen atoms in total. The summed E-state index contributed by atoms with van der Waals surface area (Å²) in [5.74, 6) is 2.83. The minimum atomic E-state index is 0.502. The van der Waals surface area contributed by atoms with E-state index in [-0.39, 0.29) is 0 Å². The van der Waals surface area contributed by atoms with Crippen LogP contribution < -0.4 is 10.6 Å². The number of nitrogens with zero attached hydrogens (tertiary/aromatic N) is 3. The van der Waals surface area contributed by atoms with Crippen LogP contribution in [0.25, 0.3) is 0 Å². The van der Waals surface area contributed by atoms with Crippen molar-refractivity contribution in [3.63, 3.8) is 0 Å². The number of nitrogens with two attached hydrogens (primary N) is 1. The van der Waals surface area contributed by atoms with Crippen LogP contribution in [-0.4, -0.2) is 23.6 Å². The maximum atomic E-state index is 5.66. The van der Waals surface area contributed by atoms with E-state index in [1.165, 1.54) is 6.42 Å². The molecule has 1 aromatic rings. The molecule has 82 valence electrons. The zero-order valence-electron chi connectivity index (χ0n) is 8.94. The standard InChI is InChI=1S/C10H15BrN4/c1-6-3-7(6)5-15(2)10-13-8(11)4-9(12)14-10/h4,6-7H,3,5H2,1-2H3,(H2,12,13,14). The van der Waals surface area contributed by atoms with E-state index in [0.717, 1.165) is 23.0 Å². The van der Waals surface area contributed by atoms with E-state index in [0.29, 0.717) is 11.8 Å². The first-order chi connectivity index (χ1) is 7.06. The maximum absolute atomic E-state index is 5.66. The van der Waals surface area contributed by atoms with Crippen LogP contribution in [-0.2, 0) is 0 Å². The second-order valence-electron chi connectivity index (χ2n) is 4.27. The van der Waals surface area contributed by atoms with Gasteiger partial charge in [0.2, 0.25) is 5.95 Å². The minimum Gasteiger partial charge on any atom is -0.383 e. The Kier molecular flexibility index (Phi) is 2.82. The molecule has 2 rings (SSSR count). The van der Waals surface area contributed by atoms with E-state index < -0.39 is 0 Å². The number of nitrogen functional groups attached to an aromatic ring is 1. The molecule has 1 aliphatic carbocycles. The lowest BCUT2D eigenvalue weighted by molar-refractivity contribution is 0.711. The lowest BCUT2D eigenvalue weighted by Gasteiger charge is -2.17. The molecule has 0 aromatic carbocycles. The van der Waals surface area contributed by atoms with Gasteiger partial charge in [0.15, 0.2) is 0 Å². The van der Waals surface area contributed by atoms with Crippen molar-refractivity contribution >= 4 is 27.7 Å². The summed E-state index contributed by atoms with van der Waals surface area (Å²) in [5, 5.41) is 0. The minimum absolute atomic E-state index is 0.502. The van der Waals surface area contributed by atoms with Crippen molar-refractivity contribution in [3.8, 4) is 0 Å². The van der Waals surface area contributed by atoms with Crippen molar-refractivity contribution in [2.45, 2.75) is 13.3 Å². The van der Waals surface area contributed by atoms with Gasteiger partial charge >= 0.3 is 0 Å². The molecule has 1 fully saturated rings. The topological polar surface area (TPSA) is 55.0 Å². The fraction of sp³-hybridized carbons (Fsp3) is 0.600. The van der Waals surface area contributed by atoms with E-state index in [9.17, 15) is 0 Å². The number of halogens is 1. The highest BCUT2D eigenvalue weighted by molar-refractivity contribution is 9.10. The van der Waals surface area contributed by atoms with Crippen LogP contribution in [0.2, 0.25) is 0 Å². The molecule has 2 atom stereocenters. The molecule has 2 N–H and O–H groups in total. The average molecular weight is 271 g/mol. The van der Waals surface area contributed by atoms with Crippen LogP contribution in [0, 0.1) is 11.8 Å². The molecule has 0 aliphatic heterocycles. The summed E-state index contributed by atoms with van der Waals surface area (Å²) in [6, 6.07) is 1.71. The largest absolute Gasteiger partial charge is 0.383 e. The van der Waals surface area contributed by atoms with Gasteiger partial charge in [0.05, 0.1) is 0 Å². The van der Waals surface area contributed by atoms with Gasteiger partial charge in [-0.1, -0.05) is 6.92 Å². The van der Waals surface area contributed by atoms with Gasteiger partial charge in [0, 0.05) is 19.7 Å². The number of hydrogen-bond acceptors (Lipinski definition) is 4. The Balaban J connectivity index is 2.07. The molecule has 1 saturated carbocycles. The van der Waals surface area contributed by atoms with Gasteiger partial charge < -0.3 is 10.6 Å². The third kappa shape index (κ3) is 2.59. The summed E-state index contributed by atoms with van der Waals surface area (Å²) in [6.07, 6.45) is 1.31. The van der Waals surface area contributed by atoms with E-state index in [1.807, 2.05) is 7.05 Å². The summed E-state index contributed by atoms with van der Waals surface area (Å²) in [4.78, 5) is 10.6. The van der Waals surface area contributed by atoms with Crippen LogP contribution in [0.15, 0.2) is 10.7 Å². The predicted molar refractivity (Wildman–Crippen MR) is 64.7 cm³/mol. The Morgan fingerprint density at radius 3 is 2.80 bits per heavy atom. The maximum Gasteiger partial charge on any atom is 0.228 e. The summed E-state index contributed by atoms with van der Waals surface area (Å²) in [6.45, 7) is 3.28. The highest BCUT2D eigenvalue weighted by Gasteiger charge is 2.33. The lowest BCUT2D eigenvalue weighted by atomic mass is 10.3. The second-order valence-corrected chi connectivity index (χ2v) is 5.08. The molecule has 2 unspecified atom stereocenters. The van der Waals surface area contributed by atoms with Gasteiger partial charge in [0.25, 0.3) is 0 Å². The predicted octanol–water partition coefficient (Wildman–Crippen LogP) is 1.91. The molecular weight excluding hydrogens is 256 g/mol. The normalized spacial score (nSPS) is 23.9. The van der Waals surface area contributed by atoms with Gasteiger partial charge in [-0.25, -0.2) is 4.98 Å². The summed E-state index contributed by atoms with van der Waals surface area (Å²) in [7, 11) is 2.01. The van der Waals surface area contributed by atoms with Crippen LogP contribution in [0.1, 0.15) is 13.3 Å². The fourth-order valence-corrected chi connectivity index (χ4v) is 2.07. The van der Waals surface area contributed by atoms with Gasteiger partial charge in [-0.15, -0.1) is 0 Å². The van der Waals surface area contributed by atoms with Crippen LogP contribution in [0.3, 0.4) is 0 Å². The summed E-state index contributed by atoms with van der Waals surface area (Å²) in [5.41, 5.74) is 5.66. The van der Waals surface area contributed by atoms with Gasteiger partial charge in [0.1, 0.15) is 10.4 Å². The molecule has 0 bridgehead atoms. The highest BCUT2D eigenvalue weighted by Crippen LogP contribution is 2.38. The van der Waals surface area contributed by atoms with Gasteiger partial charge in [-0.3, -0.25) is 0 Å². The van der Waals surface area contributed by atoms with Gasteiger partial charge in [-0.05, 0) is 34.2 Å². The smallest absolute Gasteiger partial charge is 0.228 e. The third-order valence-corrected chi connectivity index (χ3v) is 3.24. The number of hydrogen-bond donors (Lipinski definition) is 1. The van der Waals surface area contributed by atoms with Crippen molar-refractivity contribution in [2.75, 3.05) is 24.2 Å². The molecule has 0 spiro atoms. The Bertz CT molecular complexity index is 348. The van der Waals surface area contributed by atoms with E-state index in [4.69, 9.17) is 5.73 Å². The van der Waals surface area contributed by atoms with Crippen LogP contribution in [0.4, 0.5) is 11.8 Å². The first-order valence-corrected chi connectivity index (χ1v) is 5.86. The third-order valence-electron chi connectivity index (χ3n) is 2.83. The number of anilines is 2. The SMILES string of the molecule is CC1CC1CN(C)c1nc(N)cc(Br)n1. The molecule has 0 radical (unpaired) electrons. The Morgan fingerprint density at radius 1 is 1.60 bits per heavy atom. The Labute approximate surface area is 98.0 Å². The zero-order valence-corrected chi connectivity index (χ0v) is 10.5. The molecule has 0 saturated heterocycles. The van der Waals surface area contributed by atoms with Crippen molar-refractivity contribution in [3.05, 3.63) is 10.7 Å². The van der Waals surface area contributed by atoms with E-state index in [2.05, 4.69) is 37.7 Å². The zero-order chi connectivity index (χ0) is 11.0. The van der Waals surface area contributed by atoms with Crippen LogP contribution >= 0.6 is 15.9 Å². The monoisotopic (exact) mass is 270 g/mol. The Morgan fingerprint density at radius 2 is 2.27 bits per heavy atom. The number of aromatic nitrogens is 2. The Hall–Kier alpha value is -0.840. The van der Waals surface area contributed by atoms with E-state index >= 15 is 0 Å².